The molecule has 3 N–H and O–H groups in total. The van der Waals surface area contributed by atoms with Gasteiger partial charge in [-0.15, -0.1) is 11.3 Å². The third kappa shape index (κ3) is 6.55. The first kappa shape index (κ1) is 28.9. The predicted molar refractivity (Wildman–Crippen MR) is 154 cm³/mol. The van der Waals surface area contributed by atoms with Crippen molar-refractivity contribution < 1.29 is 19.5 Å². The number of aliphatic hydroxyl groups is 1. The Balaban J connectivity index is 1.45. The van der Waals surface area contributed by atoms with Crippen LogP contribution < -0.4 is 10.6 Å². The molecule has 0 saturated carbocycles. The Bertz CT molecular complexity index is 1440. The first-order chi connectivity index (χ1) is 19.0. The highest BCUT2D eigenvalue weighted by molar-refractivity contribution is 7.13. The second kappa shape index (κ2) is 12.0. The Kier molecular flexibility index (Phi) is 8.67. The smallest absolute Gasteiger partial charge is 0.250 e. The quantitative estimate of drug-likeness (QED) is 0.377. The number of nitrogens with zero attached hydrogens (tertiary/aromatic N) is 3. The summed E-state index contributed by atoms with van der Waals surface area (Å²) in [7, 11) is 0. The fourth-order valence-electron chi connectivity index (χ4n) is 4.71. The van der Waals surface area contributed by atoms with Crippen molar-refractivity contribution in [3.8, 4) is 10.4 Å². The van der Waals surface area contributed by atoms with Crippen LogP contribution in [0.3, 0.4) is 0 Å². The summed E-state index contributed by atoms with van der Waals surface area (Å²) in [5, 5.41) is 16.1. The highest BCUT2D eigenvalue weighted by Crippen LogP contribution is 2.28. The molecular formula is C30H33N5O4S. The van der Waals surface area contributed by atoms with E-state index in [0.29, 0.717) is 5.69 Å². The molecule has 1 saturated heterocycles. The van der Waals surface area contributed by atoms with Crippen molar-refractivity contribution >= 4 is 34.7 Å². The first-order valence-corrected chi connectivity index (χ1v) is 13.9. The van der Waals surface area contributed by atoms with Crippen molar-refractivity contribution in [2.75, 3.05) is 6.54 Å². The summed E-state index contributed by atoms with van der Waals surface area (Å²) in [6.45, 7) is 14.9. The van der Waals surface area contributed by atoms with Crippen LogP contribution in [0, 0.1) is 18.9 Å². The number of rotatable bonds is 7. The van der Waals surface area contributed by atoms with Gasteiger partial charge in [0.1, 0.15) is 12.1 Å². The van der Waals surface area contributed by atoms with Gasteiger partial charge in [-0.2, -0.15) is 0 Å². The van der Waals surface area contributed by atoms with E-state index in [9.17, 15) is 19.5 Å². The van der Waals surface area contributed by atoms with E-state index < -0.39 is 35.4 Å². The number of hydrogen-bond acceptors (Lipinski definition) is 6. The minimum absolute atomic E-state index is 0.00449. The van der Waals surface area contributed by atoms with Crippen molar-refractivity contribution in [2.45, 2.75) is 58.8 Å². The van der Waals surface area contributed by atoms with E-state index in [2.05, 4.69) is 20.5 Å². The molecule has 0 spiro atoms. The van der Waals surface area contributed by atoms with E-state index in [1.165, 1.54) is 11.0 Å². The molecule has 0 bridgehead atoms. The molecule has 9 nitrogen and oxygen atoms in total. The summed E-state index contributed by atoms with van der Waals surface area (Å²) in [5.74, 6) is -1.30. The van der Waals surface area contributed by atoms with Crippen molar-refractivity contribution in [1.29, 1.82) is 0 Å². The third-order valence-electron chi connectivity index (χ3n) is 6.92. The average Bonchev–Trinajstić information content (AvgIpc) is 3.54. The van der Waals surface area contributed by atoms with E-state index in [-0.39, 0.29) is 31.0 Å². The summed E-state index contributed by atoms with van der Waals surface area (Å²) in [5.41, 5.74) is 4.64. The zero-order valence-electron chi connectivity index (χ0n) is 23.0. The number of aromatic nitrogens is 1. The van der Waals surface area contributed by atoms with Crippen LogP contribution in [-0.2, 0) is 16.1 Å². The zero-order chi connectivity index (χ0) is 29.0. The van der Waals surface area contributed by atoms with Crippen molar-refractivity contribution in [2.24, 2.45) is 5.41 Å². The zero-order valence-corrected chi connectivity index (χ0v) is 23.8. The van der Waals surface area contributed by atoms with Crippen molar-refractivity contribution in [1.82, 2.24) is 20.5 Å². The summed E-state index contributed by atoms with van der Waals surface area (Å²) in [6.07, 6.45) is -0.743. The number of aryl methyl sites for hydroxylation is 1. The van der Waals surface area contributed by atoms with Gasteiger partial charge >= 0.3 is 0 Å². The number of thiazole rings is 1. The minimum atomic E-state index is -0.958. The molecule has 208 valence electrons. The fourth-order valence-corrected chi connectivity index (χ4v) is 5.52. The molecule has 10 heteroatoms. The lowest BCUT2D eigenvalue weighted by atomic mass is 9.85. The number of likely N-dealkylation sites (tertiary alicyclic amines) is 1. The van der Waals surface area contributed by atoms with Crippen LogP contribution in [0.15, 0.2) is 54.0 Å². The monoisotopic (exact) mass is 559 g/mol. The number of nitrogens with one attached hydrogen (secondary N) is 2. The molecular weight excluding hydrogens is 526 g/mol. The topological polar surface area (TPSA) is 116 Å². The Morgan fingerprint density at radius 3 is 2.55 bits per heavy atom. The van der Waals surface area contributed by atoms with Gasteiger partial charge in [-0.3, -0.25) is 14.4 Å². The molecule has 2 heterocycles. The standard InChI is InChI=1S/C30H33N5O4S/c1-18-25(40-17-33-18)20-11-9-19(10-12-20)15-32-28(38)24-14-23(36)16-35(24)29(39)26(30(2,3)4)34-27(37)21-7-6-8-22(13-21)31-5/h6-13,17,23-24,26,36H,14-16H2,1-4H3,(H,32,38)(H,34,37)/t23-,24+,26-/m1/s1. The molecule has 2 aromatic carbocycles. The van der Waals surface area contributed by atoms with Gasteiger partial charge in [0.05, 0.1) is 28.8 Å². The minimum Gasteiger partial charge on any atom is -0.391 e. The van der Waals surface area contributed by atoms with Gasteiger partial charge in [0.25, 0.3) is 5.91 Å². The lowest BCUT2D eigenvalue weighted by Crippen LogP contribution is -2.57. The predicted octanol–water partition coefficient (Wildman–Crippen LogP) is 4.09. The second-order valence-corrected chi connectivity index (χ2v) is 11.9. The SMILES string of the molecule is [C-]#[N+]c1cccc(C(=O)N[C@H](C(=O)N2C[C@H](O)C[C@H]2C(=O)NCc2ccc(-c3scnc3C)cc2)C(C)(C)C)c1. The first-order valence-electron chi connectivity index (χ1n) is 13.0. The number of hydrogen-bond donors (Lipinski definition) is 3. The molecule has 3 aromatic rings. The molecule has 1 aliphatic heterocycles. The molecule has 0 unspecified atom stereocenters. The molecule has 40 heavy (non-hydrogen) atoms. The highest BCUT2D eigenvalue weighted by atomic mass is 32.1. The van der Waals surface area contributed by atoms with E-state index in [0.717, 1.165) is 21.7 Å². The van der Waals surface area contributed by atoms with Gasteiger partial charge in [0.2, 0.25) is 11.8 Å². The van der Waals surface area contributed by atoms with E-state index in [1.807, 2.05) is 57.5 Å². The van der Waals surface area contributed by atoms with Gasteiger partial charge in [0, 0.05) is 25.1 Å². The Labute approximate surface area is 238 Å². The maximum Gasteiger partial charge on any atom is 0.250 e. The summed E-state index contributed by atoms with van der Waals surface area (Å²) in [6, 6.07) is 12.3. The lowest BCUT2D eigenvalue weighted by Gasteiger charge is -2.35. The van der Waals surface area contributed by atoms with Gasteiger partial charge in [-0.05, 0) is 29.5 Å². The van der Waals surface area contributed by atoms with E-state index >= 15 is 0 Å². The van der Waals surface area contributed by atoms with Gasteiger partial charge in [0.15, 0.2) is 5.69 Å². The Morgan fingerprint density at radius 2 is 1.93 bits per heavy atom. The summed E-state index contributed by atoms with van der Waals surface area (Å²) >= 11 is 1.57. The van der Waals surface area contributed by atoms with Crippen LogP contribution in [0.25, 0.3) is 15.3 Å². The number of aliphatic hydroxyl groups excluding tert-OH is 1. The van der Waals surface area contributed by atoms with E-state index in [1.54, 1.807) is 29.5 Å². The Morgan fingerprint density at radius 1 is 1.20 bits per heavy atom. The van der Waals surface area contributed by atoms with Crippen molar-refractivity contribution in [3.05, 3.63) is 82.3 Å². The molecule has 0 aliphatic carbocycles. The van der Waals surface area contributed by atoms with Gasteiger partial charge in [-0.1, -0.05) is 63.2 Å². The van der Waals surface area contributed by atoms with Crippen LogP contribution in [0.1, 0.15) is 48.8 Å². The number of amides is 3. The molecule has 0 radical (unpaired) electrons. The maximum absolute atomic E-state index is 13.8. The largest absolute Gasteiger partial charge is 0.391 e. The number of β-amino-alcohol motifs (C(OH)–C–C–N with tert-alkyl or cyclic N) is 1. The molecule has 3 amide bonds. The molecule has 1 fully saturated rings. The van der Waals surface area contributed by atoms with E-state index in [4.69, 9.17) is 6.57 Å². The molecule has 3 atom stereocenters. The van der Waals surface area contributed by atoms with Crippen LogP contribution in [0.2, 0.25) is 0 Å². The van der Waals surface area contributed by atoms with Gasteiger partial charge < -0.3 is 20.6 Å². The number of carbonyl (C=O) groups excluding carboxylic acids is 3. The van der Waals surface area contributed by atoms with Gasteiger partial charge in [-0.25, -0.2) is 9.83 Å². The Hall–Kier alpha value is -4.07. The van der Waals surface area contributed by atoms with Crippen LogP contribution in [-0.4, -0.2) is 57.4 Å². The number of benzene rings is 2. The van der Waals surface area contributed by atoms with Crippen molar-refractivity contribution in [3.63, 3.8) is 0 Å². The maximum atomic E-state index is 13.8. The van der Waals surface area contributed by atoms with Crippen LogP contribution in [0.4, 0.5) is 5.69 Å². The molecule has 1 aromatic heterocycles. The average molecular weight is 560 g/mol. The summed E-state index contributed by atoms with van der Waals surface area (Å²) in [4.78, 5) is 50.1. The van der Waals surface area contributed by atoms with Crippen LogP contribution in [0.5, 0.6) is 0 Å². The summed E-state index contributed by atoms with van der Waals surface area (Å²) < 4.78 is 0. The lowest BCUT2D eigenvalue weighted by molar-refractivity contribution is -0.142. The third-order valence-corrected chi connectivity index (χ3v) is 7.90. The van der Waals surface area contributed by atoms with Crippen LogP contribution >= 0.6 is 11.3 Å². The second-order valence-electron chi connectivity index (χ2n) is 11.0. The highest BCUT2D eigenvalue weighted by Gasteiger charge is 2.44. The molecule has 1 aliphatic rings. The number of carbonyl (C=O) groups is 3. The normalized spacial score (nSPS) is 17.6. The fraction of sp³-hybridized carbons (Fsp3) is 0.367. The molecule has 4 rings (SSSR count).